The maximum atomic E-state index is 11.9. The lowest BCUT2D eigenvalue weighted by Gasteiger charge is -2.00. The summed E-state index contributed by atoms with van der Waals surface area (Å²) in [6.07, 6.45) is 5.91. The molecule has 0 aliphatic heterocycles. The number of oxazole rings is 1. The molecule has 3 aromatic rings. The average Bonchev–Trinajstić information content (AvgIpc) is 2.96. The molecule has 0 fully saturated rings. The van der Waals surface area contributed by atoms with Gasteiger partial charge in [0, 0.05) is 6.20 Å². The number of hydrogen-bond acceptors (Lipinski definition) is 4. The van der Waals surface area contributed by atoms with Crippen LogP contribution in [0.15, 0.2) is 47.7 Å². The minimum Gasteiger partial charge on any atom is -0.449 e. The molecule has 0 bridgehead atoms. The fourth-order valence-corrected chi connectivity index (χ4v) is 1.56. The molecule has 0 aromatic carbocycles. The summed E-state index contributed by atoms with van der Waals surface area (Å²) in [6.45, 7) is 0. The van der Waals surface area contributed by atoms with Gasteiger partial charge in [-0.15, -0.1) is 0 Å². The van der Waals surface area contributed by atoms with Gasteiger partial charge < -0.3 is 9.73 Å². The topological polar surface area (TPSA) is 72.4 Å². The molecule has 6 heteroatoms. The fraction of sp³-hybridized carbons (Fsp3) is 0. The Morgan fingerprint density at radius 3 is 3.12 bits per heavy atom. The molecule has 6 nitrogen and oxygen atoms in total. The van der Waals surface area contributed by atoms with Gasteiger partial charge in [0.1, 0.15) is 17.6 Å². The molecule has 0 saturated heterocycles. The predicted octanol–water partition coefficient (Wildman–Crippen LogP) is 1.57. The lowest BCUT2D eigenvalue weighted by atomic mass is 10.4. The minimum atomic E-state index is -0.280. The van der Waals surface area contributed by atoms with Crippen molar-refractivity contribution in [1.29, 1.82) is 0 Å². The van der Waals surface area contributed by atoms with Crippen molar-refractivity contribution >= 4 is 17.4 Å². The Morgan fingerprint density at radius 1 is 1.35 bits per heavy atom. The summed E-state index contributed by atoms with van der Waals surface area (Å²) in [6, 6.07) is 5.52. The molecule has 3 aromatic heterocycles. The van der Waals surface area contributed by atoms with E-state index in [1.807, 2.05) is 18.2 Å². The number of carbonyl (C=O) groups excluding carboxylic acids is 1. The van der Waals surface area contributed by atoms with E-state index in [9.17, 15) is 4.79 Å². The van der Waals surface area contributed by atoms with Crippen LogP contribution in [-0.4, -0.2) is 20.3 Å². The molecular formula is C11H8N4O2. The van der Waals surface area contributed by atoms with Crippen LogP contribution in [0.1, 0.15) is 10.5 Å². The lowest BCUT2D eigenvalue weighted by Crippen LogP contribution is -2.14. The first-order valence-corrected chi connectivity index (χ1v) is 4.96. The second-order valence-corrected chi connectivity index (χ2v) is 3.40. The molecule has 1 amide bonds. The van der Waals surface area contributed by atoms with Gasteiger partial charge >= 0.3 is 0 Å². The van der Waals surface area contributed by atoms with E-state index in [2.05, 4.69) is 15.3 Å². The molecular weight excluding hydrogens is 220 g/mol. The Morgan fingerprint density at radius 2 is 2.29 bits per heavy atom. The highest BCUT2D eigenvalue weighted by molar-refractivity contribution is 6.02. The van der Waals surface area contributed by atoms with Crippen LogP contribution >= 0.6 is 0 Å². The van der Waals surface area contributed by atoms with Gasteiger partial charge in [0.05, 0.1) is 6.20 Å². The smallest absolute Gasteiger partial charge is 0.275 e. The number of aromatic nitrogens is 3. The normalized spacial score (nSPS) is 10.6. The zero-order valence-corrected chi connectivity index (χ0v) is 8.70. The number of fused-ring (bicyclic) bond motifs is 1. The molecule has 1 N–H and O–H groups in total. The van der Waals surface area contributed by atoms with Crippen molar-refractivity contribution in [3.05, 3.63) is 48.9 Å². The van der Waals surface area contributed by atoms with Crippen molar-refractivity contribution in [1.82, 2.24) is 14.4 Å². The molecule has 3 rings (SSSR count). The van der Waals surface area contributed by atoms with Gasteiger partial charge in [-0.2, -0.15) is 4.98 Å². The van der Waals surface area contributed by atoms with Crippen molar-refractivity contribution in [2.45, 2.75) is 0 Å². The first kappa shape index (κ1) is 9.59. The zero-order chi connectivity index (χ0) is 11.7. The van der Waals surface area contributed by atoms with Gasteiger partial charge in [-0.1, -0.05) is 6.07 Å². The van der Waals surface area contributed by atoms with Gasteiger partial charge in [-0.25, -0.2) is 4.98 Å². The van der Waals surface area contributed by atoms with Gasteiger partial charge in [-0.3, -0.25) is 9.20 Å². The van der Waals surface area contributed by atoms with Crippen molar-refractivity contribution in [3.8, 4) is 0 Å². The number of hydrogen-bond donors (Lipinski definition) is 1. The summed E-state index contributed by atoms with van der Waals surface area (Å²) in [7, 11) is 0. The second-order valence-electron chi connectivity index (χ2n) is 3.40. The van der Waals surface area contributed by atoms with Gasteiger partial charge in [0.2, 0.25) is 0 Å². The van der Waals surface area contributed by atoms with E-state index in [0.29, 0.717) is 11.5 Å². The monoisotopic (exact) mass is 228 g/mol. The van der Waals surface area contributed by atoms with E-state index < -0.39 is 0 Å². The Labute approximate surface area is 95.9 Å². The van der Waals surface area contributed by atoms with Crippen LogP contribution in [0.4, 0.5) is 5.82 Å². The maximum absolute atomic E-state index is 11.9. The standard InChI is InChI=1S/C11H8N4O2/c16-11(14-9-6-17-7-13-9)8-5-12-10-3-1-2-4-15(8)10/h1-7H,(H,14,16). The molecule has 0 spiro atoms. The summed E-state index contributed by atoms with van der Waals surface area (Å²) in [4.78, 5) is 19.9. The van der Waals surface area contributed by atoms with Crippen molar-refractivity contribution in [2.24, 2.45) is 0 Å². The van der Waals surface area contributed by atoms with Gasteiger partial charge in [0.25, 0.3) is 5.91 Å². The Kier molecular flexibility index (Phi) is 2.11. The van der Waals surface area contributed by atoms with Crippen molar-refractivity contribution in [3.63, 3.8) is 0 Å². The number of anilines is 1. The fourth-order valence-electron chi connectivity index (χ4n) is 1.56. The highest BCUT2D eigenvalue weighted by atomic mass is 16.3. The Bertz CT molecular complexity index is 657. The average molecular weight is 228 g/mol. The molecule has 84 valence electrons. The minimum absolute atomic E-state index is 0.280. The maximum Gasteiger partial charge on any atom is 0.275 e. The van der Waals surface area contributed by atoms with E-state index in [1.54, 1.807) is 10.6 Å². The van der Waals surface area contributed by atoms with Crippen molar-refractivity contribution in [2.75, 3.05) is 5.32 Å². The third-order valence-corrected chi connectivity index (χ3v) is 2.32. The summed E-state index contributed by atoms with van der Waals surface area (Å²) >= 11 is 0. The number of pyridine rings is 1. The second kappa shape index (κ2) is 3.75. The molecule has 0 atom stereocenters. The molecule has 3 heterocycles. The summed E-state index contributed by atoms with van der Waals surface area (Å²) < 4.78 is 6.48. The van der Waals surface area contributed by atoms with E-state index in [-0.39, 0.29) is 5.91 Å². The highest BCUT2D eigenvalue weighted by Gasteiger charge is 2.12. The molecule has 0 saturated carbocycles. The third-order valence-electron chi connectivity index (χ3n) is 2.32. The van der Waals surface area contributed by atoms with Crippen molar-refractivity contribution < 1.29 is 9.21 Å². The highest BCUT2D eigenvalue weighted by Crippen LogP contribution is 2.09. The van der Waals surface area contributed by atoms with Crippen LogP contribution in [0, 0.1) is 0 Å². The largest absolute Gasteiger partial charge is 0.449 e. The first-order valence-electron chi connectivity index (χ1n) is 4.96. The van der Waals surface area contributed by atoms with E-state index >= 15 is 0 Å². The number of carbonyl (C=O) groups is 1. The summed E-state index contributed by atoms with van der Waals surface area (Å²) in [5.74, 6) is 0.0958. The van der Waals surface area contributed by atoms with Crippen LogP contribution in [0.25, 0.3) is 5.65 Å². The first-order chi connectivity index (χ1) is 8.34. The number of rotatable bonds is 2. The lowest BCUT2D eigenvalue weighted by molar-refractivity contribution is 0.102. The Hall–Kier alpha value is -2.63. The summed E-state index contributed by atoms with van der Waals surface area (Å²) in [5.41, 5.74) is 1.17. The van der Waals surface area contributed by atoms with Gasteiger partial charge in [-0.05, 0) is 12.1 Å². The number of imidazole rings is 1. The SMILES string of the molecule is O=C(Nc1cocn1)c1cnc2ccccn12. The Balaban J connectivity index is 1.96. The van der Waals surface area contributed by atoms with Crippen LogP contribution in [0.3, 0.4) is 0 Å². The molecule has 0 radical (unpaired) electrons. The molecule has 0 aliphatic carbocycles. The number of nitrogens with one attached hydrogen (secondary N) is 1. The van der Waals surface area contributed by atoms with Crippen LogP contribution < -0.4 is 5.32 Å². The molecule has 17 heavy (non-hydrogen) atoms. The number of nitrogens with zero attached hydrogens (tertiary/aromatic N) is 3. The summed E-state index contributed by atoms with van der Waals surface area (Å²) in [5, 5.41) is 2.61. The van der Waals surface area contributed by atoms with Crippen LogP contribution in [0.2, 0.25) is 0 Å². The van der Waals surface area contributed by atoms with Gasteiger partial charge in [0.15, 0.2) is 12.2 Å². The van der Waals surface area contributed by atoms with E-state index in [1.165, 1.54) is 18.9 Å². The molecule has 0 aliphatic rings. The predicted molar refractivity (Wildman–Crippen MR) is 59.6 cm³/mol. The van der Waals surface area contributed by atoms with E-state index in [0.717, 1.165) is 5.65 Å². The molecule has 0 unspecified atom stereocenters. The van der Waals surface area contributed by atoms with E-state index in [4.69, 9.17) is 4.42 Å². The third kappa shape index (κ3) is 1.65. The van der Waals surface area contributed by atoms with Crippen LogP contribution in [0.5, 0.6) is 0 Å². The quantitative estimate of drug-likeness (QED) is 0.722. The van der Waals surface area contributed by atoms with Crippen LogP contribution in [-0.2, 0) is 0 Å². The number of amides is 1. The zero-order valence-electron chi connectivity index (χ0n) is 8.70.